The number of H-pyrrole nitrogens is 1. The number of esters is 1. The molecule has 0 aliphatic rings. The first-order chi connectivity index (χ1) is 14.8. The maximum absolute atomic E-state index is 12.3. The van der Waals surface area contributed by atoms with Gasteiger partial charge in [0.15, 0.2) is 11.2 Å². The zero-order chi connectivity index (χ0) is 22.5. The smallest absolute Gasteiger partial charge is 0.331 e. The molecule has 10 heteroatoms. The summed E-state index contributed by atoms with van der Waals surface area (Å²) in [5.41, 5.74) is 0.227. The van der Waals surface area contributed by atoms with E-state index in [1.165, 1.54) is 15.2 Å². The molecule has 0 spiro atoms. The third kappa shape index (κ3) is 4.96. The second-order valence-electron chi connectivity index (χ2n) is 6.85. The van der Waals surface area contributed by atoms with Gasteiger partial charge < -0.3 is 14.0 Å². The monoisotopic (exact) mass is 490 g/mol. The number of nitrogens with zero attached hydrogens (tertiary/aromatic N) is 3. The number of aromatic amines is 1. The van der Waals surface area contributed by atoms with Gasteiger partial charge in [0.2, 0.25) is 0 Å². The molecule has 0 amide bonds. The highest BCUT2D eigenvalue weighted by Crippen LogP contribution is 2.24. The van der Waals surface area contributed by atoms with Gasteiger partial charge in [0.1, 0.15) is 18.2 Å². The van der Waals surface area contributed by atoms with Gasteiger partial charge in [-0.3, -0.25) is 14.3 Å². The van der Waals surface area contributed by atoms with Crippen LogP contribution in [0.2, 0.25) is 0 Å². The summed E-state index contributed by atoms with van der Waals surface area (Å²) < 4.78 is 14.4. The third-order valence-corrected chi connectivity index (χ3v) is 5.27. The molecule has 31 heavy (non-hydrogen) atoms. The lowest BCUT2D eigenvalue weighted by Gasteiger charge is -2.05. The summed E-state index contributed by atoms with van der Waals surface area (Å²) in [6.45, 7) is 2.30. The van der Waals surface area contributed by atoms with Gasteiger partial charge in [0.25, 0.3) is 5.56 Å². The minimum Gasteiger partial charge on any atom is -0.496 e. The van der Waals surface area contributed by atoms with Crippen molar-refractivity contribution in [3.8, 4) is 5.75 Å². The summed E-state index contributed by atoms with van der Waals surface area (Å²) in [5.74, 6) is 0.399. The van der Waals surface area contributed by atoms with Crippen LogP contribution in [0.5, 0.6) is 5.75 Å². The van der Waals surface area contributed by atoms with E-state index in [4.69, 9.17) is 9.47 Å². The third-order valence-electron chi connectivity index (χ3n) is 4.78. The Balaban J connectivity index is 1.81. The van der Waals surface area contributed by atoms with E-state index in [-0.39, 0.29) is 17.8 Å². The Morgan fingerprint density at radius 3 is 2.81 bits per heavy atom. The Labute approximate surface area is 186 Å². The Hall–Kier alpha value is -3.14. The summed E-state index contributed by atoms with van der Waals surface area (Å²) in [6.07, 6.45) is 4.54. The molecule has 3 rings (SSSR count). The van der Waals surface area contributed by atoms with Gasteiger partial charge in [0, 0.05) is 29.7 Å². The molecular formula is C21H23BrN4O5. The van der Waals surface area contributed by atoms with E-state index in [2.05, 4.69) is 25.9 Å². The normalized spacial score (nSPS) is 11.4. The number of carbonyl (C=O) groups excluding carboxylic acids is 1. The van der Waals surface area contributed by atoms with Crippen LogP contribution in [0.1, 0.15) is 31.2 Å². The SMILES string of the molecule is CCCCn1c(=O)[nH]c(=O)c2c1nc(COC(=O)/C=C/c1cc(Br)ccc1OC)n2C. The Morgan fingerprint density at radius 1 is 1.32 bits per heavy atom. The molecular weight excluding hydrogens is 468 g/mol. The van der Waals surface area contributed by atoms with Crippen LogP contribution in [0.4, 0.5) is 0 Å². The molecule has 0 aliphatic carbocycles. The Morgan fingerprint density at radius 2 is 2.10 bits per heavy atom. The van der Waals surface area contributed by atoms with E-state index in [0.29, 0.717) is 23.7 Å². The van der Waals surface area contributed by atoms with Crippen LogP contribution in [0, 0.1) is 0 Å². The van der Waals surface area contributed by atoms with E-state index in [9.17, 15) is 14.4 Å². The van der Waals surface area contributed by atoms with Crippen LogP contribution in [0.15, 0.2) is 38.3 Å². The molecule has 2 aromatic heterocycles. The van der Waals surface area contributed by atoms with E-state index < -0.39 is 17.2 Å². The molecule has 1 N–H and O–H groups in total. The second kappa shape index (κ2) is 9.78. The van der Waals surface area contributed by atoms with Crippen molar-refractivity contribution in [1.82, 2.24) is 19.1 Å². The number of hydrogen-bond acceptors (Lipinski definition) is 6. The molecule has 3 aromatic rings. The summed E-state index contributed by atoms with van der Waals surface area (Å²) in [6, 6.07) is 5.43. The van der Waals surface area contributed by atoms with Crippen molar-refractivity contribution >= 4 is 39.1 Å². The van der Waals surface area contributed by atoms with E-state index in [1.54, 1.807) is 26.3 Å². The predicted octanol–water partition coefficient (Wildman–Crippen LogP) is 2.75. The van der Waals surface area contributed by atoms with Gasteiger partial charge in [-0.1, -0.05) is 29.3 Å². The first-order valence-corrected chi connectivity index (χ1v) is 10.5. The van der Waals surface area contributed by atoms with E-state index >= 15 is 0 Å². The first kappa shape index (κ1) is 22.5. The van der Waals surface area contributed by atoms with Crippen molar-refractivity contribution in [2.24, 2.45) is 7.05 Å². The van der Waals surface area contributed by atoms with Crippen molar-refractivity contribution in [3.05, 3.63) is 61.0 Å². The van der Waals surface area contributed by atoms with Crippen LogP contribution < -0.4 is 16.0 Å². The minimum atomic E-state index is -0.577. The van der Waals surface area contributed by atoms with Crippen molar-refractivity contribution in [2.45, 2.75) is 32.9 Å². The standard InChI is InChI=1S/C21H23BrN4O5/c1-4-5-10-26-19-18(20(28)24-21(26)29)25(2)16(23-19)12-31-17(27)9-6-13-11-14(22)7-8-15(13)30-3/h6-9,11H,4-5,10,12H2,1-3H3,(H,24,28,29)/b9-6+. The highest BCUT2D eigenvalue weighted by molar-refractivity contribution is 9.10. The molecule has 0 saturated carbocycles. The number of rotatable bonds is 8. The molecule has 0 saturated heterocycles. The molecule has 164 valence electrons. The number of carbonyl (C=O) groups is 1. The minimum absolute atomic E-state index is 0.147. The lowest BCUT2D eigenvalue weighted by atomic mass is 10.2. The fourth-order valence-corrected chi connectivity index (χ4v) is 3.50. The van der Waals surface area contributed by atoms with Gasteiger partial charge in [0.05, 0.1) is 7.11 Å². The average molecular weight is 491 g/mol. The quantitative estimate of drug-likeness (QED) is 0.384. The van der Waals surface area contributed by atoms with Gasteiger partial charge in [-0.2, -0.15) is 0 Å². The number of halogens is 1. The topological polar surface area (TPSA) is 108 Å². The fraction of sp³-hybridized carbons (Fsp3) is 0.333. The lowest BCUT2D eigenvalue weighted by molar-refractivity contribution is -0.139. The number of methoxy groups -OCH3 is 1. The lowest BCUT2D eigenvalue weighted by Crippen LogP contribution is -2.31. The van der Waals surface area contributed by atoms with E-state index in [1.807, 2.05) is 19.1 Å². The molecule has 2 heterocycles. The second-order valence-corrected chi connectivity index (χ2v) is 7.77. The first-order valence-electron chi connectivity index (χ1n) is 9.72. The number of imidazole rings is 1. The predicted molar refractivity (Wildman–Crippen MR) is 120 cm³/mol. The number of ether oxygens (including phenoxy) is 2. The number of aryl methyl sites for hydroxylation is 2. The number of aromatic nitrogens is 4. The molecule has 0 unspecified atom stereocenters. The molecule has 1 aromatic carbocycles. The highest BCUT2D eigenvalue weighted by Gasteiger charge is 2.17. The molecule has 0 atom stereocenters. The summed E-state index contributed by atoms with van der Waals surface area (Å²) in [4.78, 5) is 43.4. The van der Waals surface area contributed by atoms with Crippen LogP contribution in [-0.2, 0) is 29.7 Å². The van der Waals surface area contributed by atoms with Crippen molar-refractivity contribution in [1.29, 1.82) is 0 Å². The largest absolute Gasteiger partial charge is 0.496 e. The van der Waals surface area contributed by atoms with Gasteiger partial charge in [-0.15, -0.1) is 0 Å². The summed E-state index contributed by atoms with van der Waals surface area (Å²) >= 11 is 3.38. The van der Waals surface area contributed by atoms with Gasteiger partial charge >= 0.3 is 11.7 Å². The van der Waals surface area contributed by atoms with Gasteiger partial charge in [-0.05, 0) is 30.7 Å². The number of nitrogens with one attached hydrogen (secondary N) is 1. The Bertz CT molecular complexity index is 1260. The average Bonchev–Trinajstić information content (AvgIpc) is 3.07. The van der Waals surface area contributed by atoms with Crippen LogP contribution in [0.25, 0.3) is 17.2 Å². The molecule has 9 nitrogen and oxygen atoms in total. The maximum Gasteiger partial charge on any atom is 0.331 e. The number of hydrogen-bond donors (Lipinski definition) is 1. The molecule has 0 aliphatic heterocycles. The van der Waals surface area contributed by atoms with Crippen molar-refractivity contribution < 1.29 is 14.3 Å². The van der Waals surface area contributed by atoms with E-state index in [0.717, 1.165) is 17.3 Å². The number of benzene rings is 1. The zero-order valence-electron chi connectivity index (χ0n) is 17.5. The molecule has 0 radical (unpaired) electrons. The van der Waals surface area contributed by atoms with Crippen molar-refractivity contribution in [3.63, 3.8) is 0 Å². The van der Waals surface area contributed by atoms with Gasteiger partial charge in [-0.25, -0.2) is 14.6 Å². The number of unbranched alkanes of at least 4 members (excludes halogenated alkanes) is 1. The Kier molecular flexibility index (Phi) is 7.11. The van der Waals surface area contributed by atoms with Crippen LogP contribution >= 0.6 is 15.9 Å². The fourth-order valence-electron chi connectivity index (χ4n) is 3.12. The highest BCUT2D eigenvalue weighted by atomic mass is 79.9. The summed E-state index contributed by atoms with van der Waals surface area (Å²) in [5, 5.41) is 0. The van der Waals surface area contributed by atoms with Crippen LogP contribution in [-0.4, -0.2) is 32.2 Å². The number of fused-ring (bicyclic) bond motifs is 1. The molecule has 0 bridgehead atoms. The molecule has 0 fully saturated rings. The maximum atomic E-state index is 12.3. The zero-order valence-corrected chi connectivity index (χ0v) is 19.1. The van der Waals surface area contributed by atoms with Crippen molar-refractivity contribution in [2.75, 3.05) is 7.11 Å². The summed E-state index contributed by atoms with van der Waals surface area (Å²) in [7, 11) is 3.19. The van der Waals surface area contributed by atoms with Crippen LogP contribution in [0.3, 0.4) is 0 Å².